The lowest BCUT2D eigenvalue weighted by molar-refractivity contribution is 0.0520. The summed E-state index contributed by atoms with van der Waals surface area (Å²) in [5.41, 5.74) is 1.36. The van der Waals surface area contributed by atoms with Gasteiger partial charge in [0.2, 0.25) is 0 Å². The maximum Gasteiger partial charge on any atom is 0.354 e. The van der Waals surface area contributed by atoms with Gasteiger partial charge in [-0.15, -0.1) is 12.4 Å². The Morgan fingerprint density at radius 2 is 2.40 bits per heavy atom. The largest absolute Gasteiger partial charge is 0.461 e. The Bertz CT molecular complexity index is 434. The molecule has 2 rings (SSSR count). The summed E-state index contributed by atoms with van der Waals surface area (Å²) in [4.78, 5) is 18.3. The minimum atomic E-state index is -0.330. The van der Waals surface area contributed by atoms with Gasteiger partial charge in [0.15, 0.2) is 0 Å². The number of carbonyl (C=O) groups is 1. The van der Waals surface area contributed by atoms with Gasteiger partial charge in [-0.2, -0.15) is 0 Å². The Hall–Kier alpha value is -1.55. The molecule has 0 aliphatic rings. The van der Waals surface area contributed by atoms with E-state index in [1.807, 2.05) is 6.07 Å². The summed E-state index contributed by atoms with van der Waals surface area (Å²) in [6.07, 6.45) is 3.38. The first-order chi connectivity index (χ1) is 6.81. The highest BCUT2D eigenvalue weighted by Gasteiger charge is 2.09. The van der Waals surface area contributed by atoms with E-state index in [4.69, 9.17) is 4.74 Å². The first-order valence-corrected chi connectivity index (χ1v) is 4.41. The number of halogens is 1. The normalized spacial score (nSPS) is 9.67. The van der Waals surface area contributed by atoms with E-state index < -0.39 is 0 Å². The number of fused-ring (bicyclic) bond motifs is 1. The molecule has 15 heavy (non-hydrogen) atoms. The summed E-state index contributed by atoms with van der Waals surface area (Å²) >= 11 is 0. The molecule has 0 aliphatic heterocycles. The molecule has 2 aromatic heterocycles. The zero-order valence-electron chi connectivity index (χ0n) is 8.19. The smallest absolute Gasteiger partial charge is 0.354 e. The molecule has 4 nitrogen and oxygen atoms in total. The number of H-pyrrole nitrogens is 1. The van der Waals surface area contributed by atoms with E-state index in [2.05, 4.69) is 9.97 Å². The molecule has 0 radical (unpaired) electrons. The fourth-order valence-electron chi connectivity index (χ4n) is 1.29. The van der Waals surface area contributed by atoms with Gasteiger partial charge in [-0.1, -0.05) is 0 Å². The van der Waals surface area contributed by atoms with Crippen molar-refractivity contribution in [1.82, 2.24) is 9.97 Å². The second-order valence-corrected chi connectivity index (χ2v) is 2.87. The fraction of sp³-hybridized carbons (Fsp3) is 0.200. The predicted molar refractivity (Wildman–Crippen MR) is 59.3 cm³/mol. The molecule has 1 N–H and O–H groups in total. The zero-order valence-corrected chi connectivity index (χ0v) is 9.00. The van der Waals surface area contributed by atoms with Crippen LogP contribution in [0.25, 0.3) is 10.9 Å². The maximum absolute atomic E-state index is 11.3. The average molecular weight is 227 g/mol. The second-order valence-electron chi connectivity index (χ2n) is 2.87. The number of carbonyl (C=O) groups excluding carboxylic acids is 1. The highest BCUT2D eigenvalue weighted by Crippen LogP contribution is 2.13. The van der Waals surface area contributed by atoms with Crippen molar-refractivity contribution in [2.45, 2.75) is 6.92 Å². The van der Waals surface area contributed by atoms with Crippen molar-refractivity contribution in [3.8, 4) is 0 Å². The number of pyridine rings is 1. The number of ether oxygens (including phenoxy) is 1. The molecule has 0 saturated carbocycles. The van der Waals surface area contributed by atoms with Crippen LogP contribution in [0.1, 0.15) is 17.4 Å². The molecule has 0 spiro atoms. The molecule has 0 saturated heterocycles. The Morgan fingerprint density at radius 1 is 1.60 bits per heavy atom. The van der Waals surface area contributed by atoms with Crippen LogP contribution in [0.15, 0.2) is 24.5 Å². The summed E-state index contributed by atoms with van der Waals surface area (Å²) in [7, 11) is 0. The Kier molecular flexibility index (Phi) is 3.68. The minimum absolute atomic E-state index is 0. The molecule has 0 amide bonds. The van der Waals surface area contributed by atoms with Crippen LogP contribution in [0.2, 0.25) is 0 Å². The van der Waals surface area contributed by atoms with Gasteiger partial charge in [0, 0.05) is 23.3 Å². The molecule has 0 fully saturated rings. The molecule has 80 valence electrons. The Labute approximate surface area is 93.1 Å². The van der Waals surface area contributed by atoms with Crippen LogP contribution < -0.4 is 0 Å². The van der Waals surface area contributed by atoms with E-state index >= 15 is 0 Å². The second kappa shape index (κ2) is 4.79. The van der Waals surface area contributed by atoms with E-state index in [0.717, 1.165) is 10.9 Å². The first kappa shape index (κ1) is 11.5. The van der Waals surface area contributed by atoms with Crippen molar-refractivity contribution < 1.29 is 9.53 Å². The molecular formula is C10H11ClN2O2. The van der Waals surface area contributed by atoms with Crippen molar-refractivity contribution in [2.75, 3.05) is 6.61 Å². The maximum atomic E-state index is 11.3. The summed E-state index contributed by atoms with van der Waals surface area (Å²) < 4.78 is 4.87. The van der Waals surface area contributed by atoms with Gasteiger partial charge in [-0.05, 0) is 19.1 Å². The molecule has 2 heterocycles. The third-order valence-corrected chi connectivity index (χ3v) is 1.92. The molecular weight excluding hydrogens is 216 g/mol. The van der Waals surface area contributed by atoms with Crippen LogP contribution in [0.4, 0.5) is 0 Å². The monoisotopic (exact) mass is 226 g/mol. The Morgan fingerprint density at radius 3 is 3.07 bits per heavy atom. The number of rotatable bonds is 2. The lowest BCUT2D eigenvalue weighted by Crippen LogP contribution is -2.04. The van der Waals surface area contributed by atoms with Gasteiger partial charge in [0.05, 0.1) is 6.61 Å². The van der Waals surface area contributed by atoms with Crippen molar-refractivity contribution >= 4 is 29.3 Å². The number of aromatic nitrogens is 2. The van der Waals surface area contributed by atoms with E-state index in [9.17, 15) is 4.79 Å². The highest BCUT2D eigenvalue weighted by molar-refractivity contribution is 5.94. The molecule has 0 aliphatic carbocycles. The molecule has 0 bridgehead atoms. The number of nitrogens with zero attached hydrogens (tertiary/aromatic N) is 1. The predicted octanol–water partition coefficient (Wildman–Crippen LogP) is 2.16. The van der Waals surface area contributed by atoms with Crippen LogP contribution in [-0.4, -0.2) is 22.5 Å². The number of hydrogen-bond donors (Lipinski definition) is 1. The third-order valence-electron chi connectivity index (χ3n) is 1.92. The Balaban J connectivity index is 0.00000112. The van der Waals surface area contributed by atoms with Crippen LogP contribution in [0.5, 0.6) is 0 Å². The third kappa shape index (κ3) is 2.27. The SMILES string of the molecule is CCOC(=O)c1cc2cnccc2[nH]1.Cl. The first-order valence-electron chi connectivity index (χ1n) is 4.41. The standard InChI is InChI=1S/C10H10N2O2.ClH/c1-2-14-10(13)9-5-7-6-11-4-3-8(7)12-9;/h3-6,12H,2H2,1H3;1H. The van der Waals surface area contributed by atoms with Gasteiger partial charge in [-0.25, -0.2) is 4.79 Å². The summed E-state index contributed by atoms with van der Waals surface area (Å²) in [5.74, 6) is -0.330. The fourth-order valence-corrected chi connectivity index (χ4v) is 1.29. The summed E-state index contributed by atoms with van der Waals surface area (Å²) in [6.45, 7) is 2.16. The molecule has 0 unspecified atom stereocenters. The zero-order chi connectivity index (χ0) is 9.97. The van der Waals surface area contributed by atoms with E-state index in [1.54, 1.807) is 25.4 Å². The highest BCUT2D eigenvalue weighted by atomic mass is 35.5. The summed E-state index contributed by atoms with van der Waals surface area (Å²) in [5, 5.41) is 0.913. The number of nitrogens with one attached hydrogen (secondary N) is 1. The van der Waals surface area contributed by atoms with Crippen molar-refractivity contribution in [2.24, 2.45) is 0 Å². The lowest BCUT2D eigenvalue weighted by atomic mass is 10.3. The number of hydrogen-bond acceptors (Lipinski definition) is 3. The lowest BCUT2D eigenvalue weighted by Gasteiger charge is -1.96. The molecule has 0 aromatic carbocycles. The van der Waals surface area contributed by atoms with Crippen LogP contribution in [-0.2, 0) is 4.74 Å². The average Bonchev–Trinajstić information content (AvgIpc) is 2.61. The van der Waals surface area contributed by atoms with E-state index in [0.29, 0.717) is 12.3 Å². The quantitative estimate of drug-likeness (QED) is 0.799. The van der Waals surface area contributed by atoms with Crippen molar-refractivity contribution in [1.29, 1.82) is 0 Å². The summed E-state index contributed by atoms with van der Waals surface area (Å²) in [6, 6.07) is 3.55. The van der Waals surface area contributed by atoms with Crippen LogP contribution in [0, 0.1) is 0 Å². The van der Waals surface area contributed by atoms with E-state index in [-0.39, 0.29) is 18.4 Å². The number of esters is 1. The van der Waals surface area contributed by atoms with Gasteiger partial charge in [0.1, 0.15) is 5.69 Å². The van der Waals surface area contributed by atoms with E-state index in [1.165, 1.54) is 0 Å². The van der Waals surface area contributed by atoms with Crippen LogP contribution >= 0.6 is 12.4 Å². The van der Waals surface area contributed by atoms with Crippen molar-refractivity contribution in [3.05, 3.63) is 30.2 Å². The van der Waals surface area contributed by atoms with Crippen LogP contribution in [0.3, 0.4) is 0 Å². The molecule has 5 heteroatoms. The topological polar surface area (TPSA) is 55.0 Å². The molecule has 0 atom stereocenters. The molecule has 2 aromatic rings. The van der Waals surface area contributed by atoms with Gasteiger partial charge >= 0.3 is 5.97 Å². The van der Waals surface area contributed by atoms with Gasteiger partial charge < -0.3 is 9.72 Å². The number of aromatic amines is 1. The van der Waals surface area contributed by atoms with Gasteiger partial charge in [-0.3, -0.25) is 4.98 Å². The van der Waals surface area contributed by atoms with Crippen molar-refractivity contribution in [3.63, 3.8) is 0 Å². The minimum Gasteiger partial charge on any atom is -0.461 e. The van der Waals surface area contributed by atoms with Gasteiger partial charge in [0.25, 0.3) is 0 Å².